The van der Waals surface area contributed by atoms with Crippen LogP contribution in [0.2, 0.25) is 0 Å². The molecule has 0 bridgehead atoms. The van der Waals surface area contributed by atoms with Crippen LogP contribution in [0.1, 0.15) is 31.7 Å². The summed E-state index contributed by atoms with van der Waals surface area (Å²) in [6.45, 7) is 4.05. The zero-order valence-corrected chi connectivity index (χ0v) is 11.4. The molecule has 0 unspecified atom stereocenters. The summed E-state index contributed by atoms with van der Waals surface area (Å²) in [5.41, 5.74) is 3.13. The molecule has 98 valence electrons. The van der Waals surface area contributed by atoms with Crippen molar-refractivity contribution in [2.45, 2.75) is 33.1 Å². The molecule has 1 aliphatic carbocycles. The number of carbonyl (C=O) groups excluding carboxylic acids is 1. The average molecular weight is 254 g/mol. The van der Waals surface area contributed by atoms with Crippen molar-refractivity contribution in [3.63, 3.8) is 0 Å². The fourth-order valence-electron chi connectivity index (χ4n) is 2.58. The van der Waals surface area contributed by atoms with Crippen LogP contribution in [0.4, 0.5) is 5.69 Å². The van der Waals surface area contributed by atoms with E-state index in [0.717, 1.165) is 36.1 Å². The van der Waals surface area contributed by atoms with Crippen LogP contribution in [0.25, 0.3) is 0 Å². The number of hydrogen-bond donors (Lipinski definition) is 1. The minimum absolute atomic E-state index is 0.281. The number of anilines is 1. The molecule has 0 aliphatic heterocycles. The SMILES string of the molecule is Cc1cccc(NC(=O)/C(C#N)=C2\CCC[C@@H]2C)c1. The minimum atomic E-state index is -0.281. The molecule has 0 spiro atoms. The van der Waals surface area contributed by atoms with Gasteiger partial charge in [-0.1, -0.05) is 19.1 Å². The molecular formula is C16H18N2O. The highest BCUT2D eigenvalue weighted by Crippen LogP contribution is 2.33. The lowest BCUT2D eigenvalue weighted by Gasteiger charge is -2.10. The molecule has 3 nitrogen and oxygen atoms in total. The van der Waals surface area contributed by atoms with E-state index >= 15 is 0 Å². The van der Waals surface area contributed by atoms with Crippen molar-refractivity contribution in [3.05, 3.63) is 41.0 Å². The average Bonchev–Trinajstić information content (AvgIpc) is 2.77. The predicted octanol–water partition coefficient (Wildman–Crippen LogP) is 3.57. The molecule has 0 saturated heterocycles. The zero-order valence-electron chi connectivity index (χ0n) is 11.4. The lowest BCUT2D eigenvalue weighted by molar-refractivity contribution is -0.112. The summed E-state index contributed by atoms with van der Waals surface area (Å²) in [6, 6.07) is 9.67. The maximum Gasteiger partial charge on any atom is 0.266 e. The maximum atomic E-state index is 12.2. The van der Waals surface area contributed by atoms with Gasteiger partial charge in [-0.15, -0.1) is 0 Å². The van der Waals surface area contributed by atoms with Crippen LogP contribution in [-0.2, 0) is 4.79 Å². The van der Waals surface area contributed by atoms with Gasteiger partial charge in [-0.2, -0.15) is 5.26 Å². The monoisotopic (exact) mass is 254 g/mol. The number of amides is 1. The first-order valence-electron chi connectivity index (χ1n) is 6.63. The third kappa shape index (κ3) is 3.03. The third-order valence-electron chi connectivity index (χ3n) is 3.61. The summed E-state index contributed by atoms with van der Waals surface area (Å²) in [4.78, 5) is 12.2. The summed E-state index contributed by atoms with van der Waals surface area (Å²) in [7, 11) is 0. The number of allylic oxidation sites excluding steroid dienone is 1. The van der Waals surface area contributed by atoms with Crippen LogP contribution in [0.3, 0.4) is 0 Å². The molecule has 2 rings (SSSR count). The molecule has 19 heavy (non-hydrogen) atoms. The molecule has 1 atom stereocenters. The third-order valence-corrected chi connectivity index (χ3v) is 3.61. The van der Waals surface area contributed by atoms with Crippen LogP contribution >= 0.6 is 0 Å². The number of hydrogen-bond acceptors (Lipinski definition) is 2. The zero-order chi connectivity index (χ0) is 13.8. The van der Waals surface area contributed by atoms with Crippen LogP contribution < -0.4 is 5.32 Å². The topological polar surface area (TPSA) is 52.9 Å². The van der Waals surface area contributed by atoms with Gasteiger partial charge in [-0.05, 0) is 55.4 Å². The van der Waals surface area contributed by atoms with E-state index in [1.54, 1.807) is 0 Å². The minimum Gasteiger partial charge on any atom is -0.321 e. The molecule has 0 heterocycles. The van der Waals surface area contributed by atoms with Crippen molar-refractivity contribution < 1.29 is 4.79 Å². The van der Waals surface area contributed by atoms with E-state index in [1.807, 2.05) is 31.2 Å². The van der Waals surface area contributed by atoms with E-state index in [0.29, 0.717) is 11.5 Å². The molecular weight excluding hydrogens is 236 g/mol. The van der Waals surface area contributed by atoms with Crippen LogP contribution in [0.5, 0.6) is 0 Å². The fourth-order valence-corrected chi connectivity index (χ4v) is 2.58. The normalized spacial score (nSPS) is 20.8. The number of carbonyl (C=O) groups is 1. The van der Waals surface area contributed by atoms with Crippen LogP contribution in [0.15, 0.2) is 35.4 Å². The Bertz CT molecular complexity index is 566. The van der Waals surface area contributed by atoms with Gasteiger partial charge in [0.15, 0.2) is 0 Å². The van der Waals surface area contributed by atoms with E-state index in [9.17, 15) is 10.1 Å². The fraction of sp³-hybridized carbons (Fsp3) is 0.375. The Morgan fingerprint density at radius 3 is 2.84 bits per heavy atom. The van der Waals surface area contributed by atoms with Crippen molar-refractivity contribution in [1.29, 1.82) is 5.26 Å². The van der Waals surface area contributed by atoms with Crippen molar-refractivity contribution in [1.82, 2.24) is 0 Å². The molecule has 1 saturated carbocycles. The van der Waals surface area contributed by atoms with E-state index in [4.69, 9.17) is 0 Å². The predicted molar refractivity (Wildman–Crippen MR) is 75.5 cm³/mol. The van der Waals surface area contributed by atoms with Crippen molar-refractivity contribution >= 4 is 11.6 Å². The Hall–Kier alpha value is -2.08. The summed E-state index contributed by atoms with van der Waals surface area (Å²) in [6.07, 6.45) is 3.00. The summed E-state index contributed by atoms with van der Waals surface area (Å²) in [5, 5.41) is 12.1. The van der Waals surface area contributed by atoms with Gasteiger partial charge in [0.2, 0.25) is 0 Å². The number of benzene rings is 1. The van der Waals surface area contributed by atoms with E-state index in [1.165, 1.54) is 0 Å². The summed E-state index contributed by atoms with van der Waals surface area (Å²) >= 11 is 0. The number of nitriles is 1. The van der Waals surface area contributed by atoms with Crippen molar-refractivity contribution in [2.24, 2.45) is 5.92 Å². The molecule has 0 aromatic heterocycles. The van der Waals surface area contributed by atoms with E-state index in [-0.39, 0.29) is 5.91 Å². The summed E-state index contributed by atoms with van der Waals surface area (Å²) in [5.74, 6) is 0.0646. The van der Waals surface area contributed by atoms with Gasteiger partial charge < -0.3 is 5.32 Å². The molecule has 1 aromatic carbocycles. The second-order valence-electron chi connectivity index (χ2n) is 5.13. The molecule has 1 aliphatic rings. The molecule has 0 radical (unpaired) electrons. The van der Waals surface area contributed by atoms with Crippen LogP contribution in [0, 0.1) is 24.2 Å². The van der Waals surface area contributed by atoms with Crippen molar-refractivity contribution in [3.8, 4) is 6.07 Å². The standard InChI is InChI=1S/C16H18N2O/c1-11-5-3-7-13(9-11)18-16(19)15(10-17)14-8-4-6-12(14)2/h3,5,7,9,12H,4,6,8H2,1-2H3,(H,18,19)/b15-14+/t12-/m0/s1. The first kappa shape index (κ1) is 13.4. The van der Waals surface area contributed by atoms with E-state index in [2.05, 4.69) is 18.3 Å². The highest BCUT2D eigenvalue weighted by atomic mass is 16.1. The molecule has 1 N–H and O–H groups in total. The van der Waals surface area contributed by atoms with Gasteiger partial charge in [-0.3, -0.25) is 4.79 Å². The lowest BCUT2D eigenvalue weighted by atomic mass is 9.99. The van der Waals surface area contributed by atoms with Gasteiger partial charge in [0.1, 0.15) is 11.6 Å². The lowest BCUT2D eigenvalue weighted by Crippen LogP contribution is -2.16. The largest absolute Gasteiger partial charge is 0.321 e. The van der Waals surface area contributed by atoms with Gasteiger partial charge in [0, 0.05) is 5.69 Å². The Balaban J connectivity index is 2.21. The maximum absolute atomic E-state index is 12.2. The van der Waals surface area contributed by atoms with Crippen LogP contribution in [-0.4, -0.2) is 5.91 Å². The van der Waals surface area contributed by atoms with E-state index < -0.39 is 0 Å². The van der Waals surface area contributed by atoms with Gasteiger partial charge in [0.05, 0.1) is 0 Å². The Kier molecular flexibility index (Phi) is 4.01. The summed E-state index contributed by atoms with van der Waals surface area (Å²) < 4.78 is 0. The quantitative estimate of drug-likeness (QED) is 0.648. The van der Waals surface area contributed by atoms with Gasteiger partial charge >= 0.3 is 0 Å². The molecule has 1 amide bonds. The van der Waals surface area contributed by atoms with Gasteiger partial charge in [-0.25, -0.2) is 0 Å². The highest BCUT2D eigenvalue weighted by Gasteiger charge is 2.24. The Labute approximate surface area is 113 Å². The van der Waals surface area contributed by atoms with Gasteiger partial charge in [0.25, 0.3) is 5.91 Å². The van der Waals surface area contributed by atoms with Crippen molar-refractivity contribution in [2.75, 3.05) is 5.32 Å². The molecule has 1 fully saturated rings. The smallest absolute Gasteiger partial charge is 0.266 e. The first-order chi connectivity index (χ1) is 9.11. The Morgan fingerprint density at radius 2 is 2.26 bits per heavy atom. The second-order valence-corrected chi connectivity index (χ2v) is 5.13. The Morgan fingerprint density at radius 1 is 1.47 bits per heavy atom. The number of aryl methyl sites for hydroxylation is 1. The first-order valence-corrected chi connectivity index (χ1v) is 6.63. The molecule has 3 heteroatoms. The molecule has 1 aromatic rings. The number of nitrogens with zero attached hydrogens (tertiary/aromatic N) is 1. The number of rotatable bonds is 2. The number of nitrogens with one attached hydrogen (secondary N) is 1. The second kappa shape index (κ2) is 5.71. The highest BCUT2D eigenvalue weighted by molar-refractivity contribution is 6.07.